The molecule has 0 amide bonds. The molecule has 0 fully saturated rings. The number of hydrogen-bond acceptors (Lipinski definition) is 5. The lowest BCUT2D eigenvalue weighted by atomic mass is 10.3. The van der Waals surface area contributed by atoms with Gasteiger partial charge < -0.3 is 4.74 Å². The van der Waals surface area contributed by atoms with Crippen LogP contribution in [0, 0.1) is 0 Å². The number of rotatable bonds is 3. The standard InChI is InChI=1S/C11H8BrClN2O3S/c1-19(16,17)8-4-2-3-7(5-8)18-11-9(12)10(13)14-6-15-11/h2-6H,1H3. The van der Waals surface area contributed by atoms with E-state index < -0.39 is 9.84 Å². The van der Waals surface area contributed by atoms with E-state index in [0.717, 1.165) is 6.26 Å². The zero-order chi connectivity index (χ0) is 14.0. The van der Waals surface area contributed by atoms with Crippen LogP contribution in [0.4, 0.5) is 0 Å². The van der Waals surface area contributed by atoms with Crippen LogP contribution in [0.3, 0.4) is 0 Å². The van der Waals surface area contributed by atoms with Crippen LogP contribution in [-0.2, 0) is 9.84 Å². The summed E-state index contributed by atoms with van der Waals surface area (Å²) in [4.78, 5) is 7.85. The van der Waals surface area contributed by atoms with E-state index >= 15 is 0 Å². The van der Waals surface area contributed by atoms with E-state index in [9.17, 15) is 8.42 Å². The first-order valence-electron chi connectivity index (χ1n) is 5.02. The second kappa shape index (κ2) is 5.44. The zero-order valence-electron chi connectivity index (χ0n) is 9.67. The third kappa shape index (κ3) is 3.43. The summed E-state index contributed by atoms with van der Waals surface area (Å²) in [5.74, 6) is 0.559. The van der Waals surface area contributed by atoms with Gasteiger partial charge in [-0.1, -0.05) is 17.7 Å². The van der Waals surface area contributed by atoms with Gasteiger partial charge in [0, 0.05) is 6.26 Å². The summed E-state index contributed by atoms with van der Waals surface area (Å²) in [7, 11) is -3.29. The van der Waals surface area contributed by atoms with E-state index in [0.29, 0.717) is 10.2 Å². The van der Waals surface area contributed by atoms with E-state index in [1.54, 1.807) is 12.1 Å². The van der Waals surface area contributed by atoms with Crippen molar-refractivity contribution in [1.82, 2.24) is 9.97 Å². The summed E-state index contributed by atoms with van der Waals surface area (Å²) in [6, 6.07) is 6.11. The van der Waals surface area contributed by atoms with E-state index in [4.69, 9.17) is 16.3 Å². The summed E-state index contributed by atoms with van der Waals surface area (Å²) >= 11 is 9.01. The SMILES string of the molecule is CS(=O)(=O)c1cccc(Oc2ncnc(Cl)c2Br)c1. The van der Waals surface area contributed by atoms with Crippen LogP contribution in [0.1, 0.15) is 0 Å². The van der Waals surface area contributed by atoms with Crippen molar-refractivity contribution >= 4 is 37.4 Å². The maximum atomic E-state index is 11.4. The highest BCUT2D eigenvalue weighted by molar-refractivity contribution is 9.10. The van der Waals surface area contributed by atoms with Crippen LogP contribution in [0.25, 0.3) is 0 Å². The molecule has 0 aliphatic rings. The molecule has 19 heavy (non-hydrogen) atoms. The number of hydrogen-bond donors (Lipinski definition) is 0. The minimum Gasteiger partial charge on any atom is -0.438 e. The van der Waals surface area contributed by atoms with Gasteiger partial charge in [0.15, 0.2) is 15.0 Å². The van der Waals surface area contributed by atoms with Crippen LogP contribution >= 0.6 is 27.5 Å². The van der Waals surface area contributed by atoms with Gasteiger partial charge in [0.25, 0.3) is 0 Å². The quantitative estimate of drug-likeness (QED) is 0.784. The minimum atomic E-state index is -3.29. The van der Waals surface area contributed by atoms with Gasteiger partial charge >= 0.3 is 0 Å². The number of sulfone groups is 1. The average Bonchev–Trinajstić information content (AvgIpc) is 2.34. The minimum absolute atomic E-state index is 0.168. The third-order valence-corrected chi connectivity index (χ3v) is 4.50. The molecular formula is C11H8BrClN2O3S. The Morgan fingerprint density at radius 3 is 2.74 bits per heavy atom. The van der Waals surface area contributed by atoms with Crippen molar-refractivity contribution in [2.45, 2.75) is 4.90 Å². The summed E-state index contributed by atoms with van der Waals surface area (Å²) in [5, 5.41) is 0.212. The summed E-state index contributed by atoms with van der Waals surface area (Å²) in [6.07, 6.45) is 2.38. The predicted molar refractivity (Wildman–Crippen MR) is 74.4 cm³/mol. The highest BCUT2D eigenvalue weighted by atomic mass is 79.9. The van der Waals surface area contributed by atoms with E-state index in [1.807, 2.05) is 0 Å². The van der Waals surface area contributed by atoms with Crippen LogP contribution in [-0.4, -0.2) is 24.6 Å². The molecular weight excluding hydrogens is 356 g/mol. The van der Waals surface area contributed by atoms with Gasteiger partial charge in [-0.15, -0.1) is 0 Å². The molecule has 5 nitrogen and oxygen atoms in total. The lowest BCUT2D eigenvalue weighted by molar-refractivity contribution is 0.456. The second-order valence-corrected chi connectivity index (χ2v) is 6.80. The van der Waals surface area contributed by atoms with Crippen LogP contribution in [0.15, 0.2) is 40.0 Å². The van der Waals surface area contributed by atoms with E-state index in [-0.39, 0.29) is 15.9 Å². The van der Waals surface area contributed by atoms with Crippen molar-refractivity contribution in [2.24, 2.45) is 0 Å². The lowest BCUT2D eigenvalue weighted by Crippen LogP contribution is -1.97. The number of benzene rings is 1. The molecule has 2 rings (SSSR count). The summed E-state index contributed by atoms with van der Waals surface area (Å²) in [6.45, 7) is 0. The Morgan fingerprint density at radius 2 is 2.05 bits per heavy atom. The smallest absolute Gasteiger partial charge is 0.238 e. The largest absolute Gasteiger partial charge is 0.438 e. The lowest BCUT2D eigenvalue weighted by Gasteiger charge is -2.07. The van der Waals surface area contributed by atoms with Crippen LogP contribution in [0.5, 0.6) is 11.6 Å². The van der Waals surface area contributed by atoms with Crippen molar-refractivity contribution in [3.63, 3.8) is 0 Å². The Morgan fingerprint density at radius 1 is 1.32 bits per heavy atom. The molecule has 0 bridgehead atoms. The van der Waals surface area contributed by atoms with Gasteiger partial charge in [-0.05, 0) is 34.1 Å². The molecule has 0 aliphatic heterocycles. The number of nitrogens with zero attached hydrogens (tertiary/aromatic N) is 2. The summed E-state index contributed by atoms with van der Waals surface area (Å²) < 4.78 is 28.8. The van der Waals surface area contributed by atoms with Crippen LogP contribution in [0.2, 0.25) is 5.15 Å². The molecule has 1 aromatic carbocycles. The molecule has 8 heteroatoms. The molecule has 0 atom stereocenters. The maximum Gasteiger partial charge on any atom is 0.238 e. The molecule has 1 aromatic heterocycles. The molecule has 0 saturated heterocycles. The van der Waals surface area contributed by atoms with E-state index in [1.165, 1.54) is 18.5 Å². The first-order chi connectivity index (χ1) is 8.88. The Bertz CT molecular complexity index is 722. The third-order valence-electron chi connectivity index (χ3n) is 2.16. The van der Waals surface area contributed by atoms with Crippen molar-refractivity contribution in [2.75, 3.05) is 6.26 Å². The number of aromatic nitrogens is 2. The van der Waals surface area contributed by atoms with Gasteiger partial charge in [0.2, 0.25) is 5.88 Å². The molecule has 1 heterocycles. The van der Waals surface area contributed by atoms with Crippen molar-refractivity contribution < 1.29 is 13.2 Å². The van der Waals surface area contributed by atoms with Crippen molar-refractivity contribution in [3.8, 4) is 11.6 Å². The molecule has 0 unspecified atom stereocenters. The van der Waals surface area contributed by atoms with Gasteiger partial charge in [-0.25, -0.2) is 18.4 Å². The van der Waals surface area contributed by atoms with Crippen molar-refractivity contribution in [3.05, 3.63) is 40.2 Å². The molecule has 0 radical (unpaired) electrons. The molecule has 0 aliphatic carbocycles. The van der Waals surface area contributed by atoms with E-state index in [2.05, 4.69) is 25.9 Å². The normalized spacial score (nSPS) is 11.3. The van der Waals surface area contributed by atoms with Crippen molar-refractivity contribution in [1.29, 1.82) is 0 Å². The highest BCUT2D eigenvalue weighted by Gasteiger charge is 2.11. The number of halogens is 2. The fraction of sp³-hybridized carbons (Fsp3) is 0.0909. The first kappa shape index (κ1) is 14.2. The van der Waals surface area contributed by atoms with Crippen LogP contribution < -0.4 is 4.74 Å². The zero-order valence-corrected chi connectivity index (χ0v) is 12.8. The molecule has 2 aromatic rings. The fourth-order valence-corrected chi connectivity index (χ4v) is 2.35. The average molecular weight is 364 g/mol. The maximum absolute atomic E-state index is 11.4. The highest BCUT2D eigenvalue weighted by Crippen LogP contribution is 2.32. The Kier molecular flexibility index (Phi) is 4.07. The second-order valence-electron chi connectivity index (χ2n) is 3.63. The fourth-order valence-electron chi connectivity index (χ4n) is 1.28. The Labute approximate surface area is 123 Å². The summed E-state index contributed by atoms with van der Waals surface area (Å²) in [5.41, 5.74) is 0. The molecule has 0 spiro atoms. The molecule has 100 valence electrons. The number of ether oxygens (including phenoxy) is 1. The monoisotopic (exact) mass is 362 g/mol. The van der Waals surface area contributed by atoms with Gasteiger partial charge in [-0.2, -0.15) is 0 Å². The van der Waals surface area contributed by atoms with Gasteiger partial charge in [-0.3, -0.25) is 0 Å². The molecule has 0 saturated carbocycles. The first-order valence-corrected chi connectivity index (χ1v) is 8.08. The topological polar surface area (TPSA) is 69.2 Å². The van der Waals surface area contributed by atoms with Gasteiger partial charge in [0.05, 0.1) is 4.90 Å². The molecule has 0 N–H and O–H groups in total. The Balaban J connectivity index is 2.37. The Hall–Kier alpha value is -1.18. The predicted octanol–water partition coefficient (Wildman–Crippen LogP) is 3.09. The van der Waals surface area contributed by atoms with Gasteiger partial charge in [0.1, 0.15) is 16.5 Å².